The Bertz CT molecular complexity index is 658. The second-order valence-electron chi connectivity index (χ2n) is 5.08. The van der Waals surface area contributed by atoms with E-state index < -0.39 is 10.0 Å². The summed E-state index contributed by atoms with van der Waals surface area (Å²) in [6.45, 7) is 2.50. The van der Waals surface area contributed by atoms with Gasteiger partial charge in [0.2, 0.25) is 15.9 Å². The molecule has 1 aliphatic heterocycles. The highest BCUT2D eigenvalue weighted by Gasteiger charge is 2.22. The fourth-order valence-electron chi connectivity index (χ4n) is 2.05. The van der Waals surface area contributed by atoms with Gasteiger partial charge >= 0.3 is 0 Å². The zero-order valence-corrected chi connectivity index (χ0v) is 14.4. The first-order chi connectivity index (χ1) is 10.3. The maximum atomic E-state index is 12.1. The Morgan fingerprint density at radius 3 is 2.41 bits per heavy atom. The maximum Gasteiger partial charge on any atom is 0.241 e. The van der Waals surface area contributed by atoms with Crippen LogP contribution in [0.25, 0.3) is 0 Å². The van der Waals surface area contributed by atoms with Gasteiger partial charge in [0.15, 0.2) is 0 Å². The van der Waals surface area contributed by atoms with Crippen molar-refractivity contribution >= 4 is 39.1 Å². The van der Waals surface area contributed by atoms with Gasteiger partial charge in [0.25, 0.3) is 0 Å². The van der Waals surface area contributed by atoms with Gasteiger partial charge in [0.05, 0.1) is 21.5 Å². The molecule has 0 aliphatic carbocycles. The van der Waals surface area contributed by atoms with Crippen molar-refractivity contribution in [1.29, 1.82) is 0 Å². The number of sulfonamides is 1. The number of piperazine rings is 1. The third-order valence-corrected chi connectivity index (χ3v) is 5.61. The molecule has 22 heavy (non-hydrogen) atoms. The van der Waals surface area contributed by atoms with Crippen molar-refractivity contribution in [3.8, 4) is 0 Å². The summed E-state index contributed by atoms with van der Waals surface area (Å²) in [6, 6.07) is 4.00. The first-order valence-electron chi connectivity index (χ1n) is 6.70. The number of hydrogen-bond acceptors (Lipinski definition) is 4. The molecule has 1 fully saturated rings. The average Bonchev–Trinajstić information content (AvgIpc) is 2.48. The summed E-state index contributed by atoms with van der Waals surface area (Å²) in [5.41, 5.74) is 0. The van der Waals surface area contributed by atoms with E-state index in [-0.39, 0.29) is 27.4 Å². The fourth-order valence-corrected chi connectivity index (χ4v) is 3.41. The molecule has 1 aromatic rings. The predicted molar refractivity (Wildman–Crippen MR) is 85.7 cm³/mol. The zero-order chi connectivity index (χ0) is 16.3. The number of nitrogens with zero attached hydrogens (tertiary/aromatic N) is 2. The average molecular weight is 366 g/mol. The minimum absolute atomic E-state index is 0.0203. The lowest BCUT2D eigenvalue weighted by atomic mass is 10.3. The van der Waals surface area contributed by atoms with Crippen molar-refractivity contribution in [2.24, 2.45) is 0 Å². The van der Waals surface area contributed by atoms with Crippen LogP contribution in [-0.2, 0) is 14.8 Å². The van der Waals surface area contributed by atoms with Crippen LogP contribution in [0.3, 0.4) is 0 Å². The molecule has 1 N–H and O–H groups in total. The van der Waals surface area contributed by atoms with Crippen molar-refractivity contribution in [3.63, 3.8) is 0 Å². The summed E-state index contributed by atoms with van der Waals surface area (Å²) < 4.78 is 26.6. The van der Waals surface area contributed by atoms with E-state index in [9.17, 15) is 13.2 Å². The second-order valence-corrected chi connectivity index (χ2v) is 7.67. The Labute approximate surface area is 140 Å². The molecule has 0 aromatic heterocycles. The smallest absolute Gasteiger partial charge is 0.241 e. The molecule has 1 aromatic carbocycles. The zero-order valence-electron chi connectivity index (χ0n) is 12.1. The predicted octanol–water partition coefficient (Wildman–Crippen LogP) is 1.05. The van der Waals surface area contributed by atoms with E-state index in [4.69, 9.17) is 23.2 Å². The lowest BCUT2D eigenvalue weighted by Gasteiger charge is -2.32. The van der Waals surface area contributed by atoms with E-state index in [1.807, 2.05) is 7.05 Å². The molecule has 6 nitrogen and oxygen atoms in total. The number of halogens is 2. The normalized spacial score (nSPS) is 16.8. The number of rotatable bonds is 4. The molecule has 0 atom stereocenters. The number of carbonyl (C=O) groups is 1. The Morgan fingerprint density at radius 2 is 1.82 bits per heavy atom. The standard InChI is InChI=1S/C13H17Cl2N3O3S/c1-17-4-6-18(7-5-17)13(19)9-16-22(20,21)10-2-3-11(14)12(15)8-10/h2-3,8,16H,4-7,9H2,1H3. The molecule has 9 heteroatoms. The molecule has 1 aliphatic rings. The third-order valence-electron chi connectivity index (χ3n) is 3.47. The van der Waals surface area contributed by atoms with Gasteiger partial charge in [-0.1, -0.05) is 23.2 Å². The first kappa shape index (κ1) is 17.5. The van der Waals surface area contributed by atoms with E-state index in [0.29, 0.717) is 13.1 Å². The molecule has 1 amide bonds. The third kappa shape index (κ3) is 4.33. The Hall–Kier alpha value is -0.860. The highest BCUT2D eigenvalue weighted by atomic mass is 35.5. The van der Waals surface area contributed by atoms with Crippen LogP contribution in [0.1, 0.15) is 0 Å². The molecule has 0 saturated carbocycles. The number of nitrogens with one attached hydrogen (secondary N) is 1. The van der Waals surface area contributed by atoms with Gasteiger partial charge in [-0.15, -0.1) is 0 Å². The van der Waals surface area contributed by atoms with Crippen molar-refractivity contribution in [2.45, 2.75) is 4.90 Å². The van der Waals surface area contributed by atoms with Gasteiger partial charge in [0, 0.05) is 26.2 Å². The molecule has 0 radical (unpaired) electrons. The van der Waals surface area contributed by atoms with Crippen LogP contribution in [0, 0.1) is 0 Å². The summed E-state index contributed by atoms with van der Waals surface area (Å²) in [7, 11) is -1.81. The maximum absolute atomic E-state index is 12.1. The van der Waals surface area contributed by atoms with E-state index in [1.165, 1.54) is 18.2 Å². The first-order valence-corrected chi connectivity index (χ1v) is 8.94. The summed E-state index contributed by atoms with van der Waals surface area (Å²) in [6.07, 6.45) is 0. The molecular formula is C13H17Cl2N3O3S. The van der Waals surface area contributed by atoms with E-state index >= 15 is 0 Å². The number of amides is 1. The summed E-state index contributed by atoms with van der Waals surface area (Å²) >= 11 is 11.6. The van der Waals surface area contributed by atoms with Gasteiger partial charge in [-0.2, -0.15) is 0 Å². The second kappa shape index (κ2) is 7.14. The van der Waals surface area contributed by atoms with Crippen molar-refractivity contribution in [3.05, 3.63) is 28.2 Å². The van der Waals surface area contributed by atoms with E-state index in [1.54, 1.807) is 4.90 Å². The number of likely N-dealkylation sites (N-methyl/N-ethyl adjacent to an activating group) is 1. The van der Waals surface area contributed by atoms with Crippen LogP contribution in [0.4, 0.5) is 0 Å². The minimum atomic E-state index is -3.80. The fraction of sp³-hybridized carbons (Fsp3) is 0.462. The van der Waals surface area contributed by atoms with Gasteiger partial charge in [-0.25, -0.2) is 13.1 Å². The van der Waals surface area contributed by atoms with Crippen LogP contribution in [0.2, 0.25) is 10.0 Å². The van der Waals surface area contributed by atoms with Crippen molar-refractivity contribution in [2.75, 3.05) is 39.8 Å². The number of carbonyl (C=O) groups excluding carboxylic acids is 1. The summed E-state index contributed by atoms with van der Waals surface area (Å²) in [4.78, 5) is 15.8. The minimum Gasteiger partial charge on any atom is -0.339 e. The van der Waals surface area contributed by atoms with Crippen molar-refractivity contribution in [1.82, 2.24) is 14.5 Å². The van der Waals surface area contributed by atoms with Crippen LogP contribution in [0.5, 0.6) is 0 Å². The van der Waals surface area contributed by atoms with Crippen LogP contribution < -0.4 is 4.72 Å². The molecular weight excluding hydrogens is 349 g/mol. The Kier molecular flexibility index (Phi) is 5.68. The largest absolute Gasteiger partial charge is 0.339 e. The van der Waals surface area contributed by atoms with Crippen LogP contribution in [-0.4, -0.2) is 63.9 Å². The monoisotopic (exact) mass is 365 g/mol. The Morgan fingerprint density at radius 1 is 1.18 bits per heavy atom. The highest BCUT2D eigenvalue weighted by molar-refractivity contribution is 7.89. The lowest BCUT2D eigenvalue weighted by Crippen LogP contribution is -2.50. The Balaban J connectivity index is 1.97. The van der Waals surface area contributed by atoms with Gasteiger partial charge in [0.1, 0.15) is 0 Å². The SMILES string of the molecule is CN1CCN(C(=O)CNS(=O)(=O)c2ccc(Cl)c(Cl)c2)CC1. The summed E-state index contributed by atoms with van der Waals surface area (Å²) in [5, 5.41) is 0.420. The number of hydrogen-bond donors (Lipinski definition) is 1. The van der Waals surface area contributed by atoms with E-state index in [2.05, 4.69) is 9.62 Å². The molecule has 1 heterocycles. The molecule has 0 bridgehead atoms. The lowest BCUT2D eigenvalue weighted by molar-refractivity contribution is -0.131. The molecule has 0 unspecified atom stereocenters. The highest BCUT2D eigenvalue weighted by Crippen LogP contribution is 2.24. The van der Waals surface area contributed by atoms with E-state index in [0.717, 1.165) is 13.1 Å². The van der Waals surface area contributed by atoms with Gasteiger partial charge in [-0.05, 0) is 25.2 Å². The quantitative estimate of drug-likeness (QED) is 0.865. The molecule has 0 spiro atoms. The number of benzene rings is 1. The van der Waals surface area contributed by atoms with Crippen LogP contribution in [0.15, 0.2) is 23.1 Å². The van der Waals surface area contributed by atoms with Gasteiger partial charge in [-0.3, -0.25) is 4.79 Å². The van der Waals surface area contributed by atoms with Crippen molar-refractivity contribution < 1.29 is 13.2 Å². The molecule has 1 saturated heterocycles. The van der Waals surface area contributed by atoms with Crippen LogP contribution >= 0.6 is 23.2 Å². The summed E-state index contributed by atoms with van der Waals surface area (Å²) in [5.74, 6) is -0.239. The topological polar surface area (TPSA) is 69.7 Å². The molecule has 2 rings (SSSR count). The molecule has 122 valence electrons. The van der Waals surface area contributed by atoms with Gasteiger partial charge < -0.3 is 9.80 Å².